The van der Waals surface area contributed by atoms with Crippen LogP contribution in [0.25, 0.3) is 0 Å². The van der Waals surface area contributed by atoms with E-state index in [1.54, 1.807) is 23.1 Å². The van der Waals surface area contributed by atoms with Gasteiger partial charge >= 0.3 is 0 Å². The molecule has 5 nitrogen and oxygen atoms in total. The van der Waals surface area contributed by atoms with Gasteiger partial charge in [0.05, 0.1) is 12.7 Å². The van der Waals surface area contributed by atoms with Gasteiger partial charge in [0.1, 0.15) is 0 Å². The first kappa shape index (κ1) is 14.7. The predicted octanol–water partition coefficient (Wildman–Crippen LogP) is 1.57. The Balaban J connectivity index is 2.24. The van der Waals surface area contributed by atoms with E-state index in [9.17, 15) is 9.90 Å². The second-order valence-corrected chi connectivity index (χ2v) is 5.82. The van der Waals surface area contributed by atoms with E-state index in [-0.39, 0.29) is 17.2 Å². The Morgan fingerprint density at radius 1 is 1.35 bits per heavy atom. The van der Waals surface area contributed by atoms with Gasteiger partial charge in [0.15, 0.2) is 11.5 Å². The van der Waals surface area contributed by atoms with Crippen molar-refractivity contribution in [3.63, 3.8) is 0 Å². The van der Waals surface area contributed by atoms with Crippen molar-refractivity contribution in [3.8, 4) is 11.5 Å². The quantitative estimate of drug-likeness (QED) is 0.892. The van der Waals surface area contributed by atoms with Crippen LogP contribution in [0.15, 0.2) is 18.2 Å². The lowest BCUT2D eigenvalue weighted by atomic mass is 9.99. The molecule has 20 heavy (non-hydrogen) atoms. The number of benzene rings is 1. The maximum atomic E-state index is 12.6. The third-order valence-corrected chi connectivity index (χ3v) is 4.05. The molecule has 1 amide bonds. The van der Waals surface area contributed by atoms with Gasteiger partial charge in [-0.25, -0.2) is 0 Å². The summed E-state index contributed by atoms with van der Waals surface area (Å²) in [5, 5.41) is 10.1. The van der Waals surface area contributed by atoms with Crippen LogP contribution in [0.1, 0.15) is 24.2 Å². The molecule has 0 unspecified atom stereocenters. The van der Waals surface area contributed by atoms with Crippen molar-refractivity contribution in [2.24, 2.45) is 0 Å². The summed E-state index contributed by atoms with van der Waals surface area (Å²) in [7, 11) is 3.53. The van der Waals surface area contributed by atoms with Gasteiger partial charge in [-0.05, 0) is 33.0 Å². The number of carbonyl (C=O) groups excluding carboxylic acids is 1. The number of hydrogen-bond donors (Lipinski definition) is 1. The van der Waals surface area contributed by atoms with Crippen molar-refractivity contribution in [1.29, 1.82) is 0 Å². The fourth-order valence-electron chi connectivity index (χ4n) is 2.44. The summed E-state index contributed by atoms with van der Waals surface area (Å²) in [4.78, 5) is 16.6. The third kappa shape index (κ3) is 2.58. The average Bonchev–Trinajstić information content (AvgIpc) is 2.41. The van der Waals surface area contributed by atoms with Crippen molar-refractivity contribution in [1.82, 2.24) is 9.80 Å². The lowest BCUT2D eigenvalue weighted by Crippen LogP contribution is -2.58. The summed E-state index contributed by atoms with van der Waals surface area (Å²) in [5.74, 6) is 0.0866. The highest BCUT2D eigenvalue weighted by Crippen LogP contribution is 2.31. The number of carbonyl (C=O) groups is 1. The summed E-state index contributed by atoms with van der Waals surface area (Å²) in [6.45, 7) is 6.34. The maximum absolute atomic E-state index is 12.6. The van der Waals surface area contributed by atoms with E-state index in [0.29, 0.717) is 24.4 Å². The number of rotatable bonds is 2. The second-order valence-electron chi connectivity index (χ2n) is 5.82. The second kappa shape index (κ2) is 5.32. The Bertz CT molecular complexity index is 514. The highest BCUT2D eigenvalue weighted by molar-refractivity contribution is 5.97. The fourth-order valence-corrected chi connectivity index (χ4v) is 2.44. The number of likely N-dealkylation sites (N-methyl/N-ethyl adjacent to an activating group) is 1. The Kier molecular flexibility index (Phi) is 3.90. The maximum Gasteiger partial charge on any atom is 0.257 e. The van der Waals surface area contributed by atoms with Crippen LogP contribution < -0.4 is 4.74 Å². The molecule has 1 aliphatic heterocycles. The van der Waals surface area contributed by atoms with E-state index in [1.165, 1.54) is 7.11 Å². The summed E-state index contributed by atoms with van der Waals surface area (Å²) in [6.07, 6.45) is 0. The molecule has 110 valence electrons. The topological polar surface area (TPSA) is 53.0 Å². The van der Waals surface area contributed by atoms with Crippen LogP contribution in [0.5, 0.6) is 11.5 Å². The number of piperazine rings is 1. The number of nitrogens with zero attached hydrogens (tertiary/aromatic N) is 2. The third-order valence-electron chi connectivity index (χ3n) is 4.05. The number of amides is 1. The lowest BCUT2D eigenvalue weighted by molar-refractivity contribution is 0.0309. The molecule has 0 aliphatic carbocycles. The van der Waals surface area contributed by atoms with Crippen molar-refractivity contribution in [3.05, 3.63) is 23.8 Å². The number of para-hydroxylation sites is 1. The Hall–Kier alpha value is -1.75. The largest absolute Gasteiger partial charge is 0.504 e. The fraction of sp³-hybridized carbons (Fsp3) is 0.533. The molecule has 1 heterocycles. The van der Waals surface area contributed by atoms with E-state index in [0.717, 1.165) is 6.54 Å². The van der Waals surface area contributed by atoms with E-state index < -0.39 is 0 Å². The summed E-state index contributed by atoms with van der Waals surface area (Å²) in [6, 6.07) is 4.98. The molecular formula is C15H22N2O3. The number of phenolic OH excluding ortho intramolecular Hbond substituents is 1. The molecular weight excluding hydrogens is 256 g/mol. The number of hydrogen-bond acceptors (Lipinski definition) is 4. The van der Waals surface area contributed by atoms with Gasteiger partial charge in [0.25, 0.3) is 5.91 Å². The molecule has 1 saturated heterocycles. The Morgan fingerprint density at radius 2 is 2.05 bits per heavy atom. The van der Waals surface area contributed by atoms with Crippen LogP contribution in [0.2, 0.25) is 0 Å². The highest BCUT2D eigenvalue weighted by atomic mass is 16.5. The van der Waals surface area contributed by atoms with Gasteiger partial charge in [-0.3, -0.25) is 9.69 Å². The normalized spacial score (nSPS) is 18.9. The van der Waals surface area contributed by atoms with Crippen molar-refractivity contribution in [2.45, 2.75) is 19.4 Å². The van der Waals surface area contributed by atoms with Crippen molar-refractivity contribution in [2.75, 3.05) is 33.8 Å². The van der Waals surface area contributed by atoms with E-state index in [2.05, 4.69) is 25.8 Å². The minimum absolute atomic E-state index is 0.0671. The average molecular weight is 278 g/mol. The predicted molar refractivity (Wildman–Crippen MR) is 77.3 cm³/mol. The summed E-state index contributed by atoms with van der Waals surface area (Å²) >= 11 is 0. The zero-order chi connectivity index (χ0) is 14.9. The molecule has 0 radical (unpaired) electrons. The smallest absolute Gasteiger partial charge is 0.257 e. The summed E-state index contributed by atoms with van der Waals surface area (Å²) in [5.41, 5.74) is 0.229. The Morgan fingerprint density at radius 3 is 2.65 bits per heavy atom. The monoisotopic (exact) mass is 278 g/mol. The van der Waals surface area contributed by atoms with Gasteiger partial charge in [0, 0.05) is 25.2 Å². The molecule has 0 bridgehead atoms. The van der Waals surface area contributed by atoms with E-state index in [4.69, 9.17) is 4.74 Å². The molecule has 0 aromatic heterocycles. The molecule has 0 spiro atoms. The van der Waals surface area contributed by atoms with Crippen molar-refractivity contribution < 1.29 is 14.6 Å². The molecule has 1 fully saturated rings. The van der Waals surface area contributed by atoms with Gasteiger partial charge in [0.2, 0.25) is 0 Å². The van der Waals surface area contributed by atoms with E-state index in [1.807, 2.05) is 0 Å². The van der Waals surface area contributed by atoms with Crippen LogP contribution in [0, 0.1) is 0 Å². The number of methoxy groups -OCH3 is 1. The van der Waals surface area contributed by atoms with Crippen molar-refractivity contribution >= 4 is 5.91 Å². The van der Waals surface area contributed by atoms with Crippen LogP contribution in [0.4, 0.5) is 0 Å². The first-order valence-corrected chi connectivity index (χ1v) is 6.73. The van der Waals surface area contributed by atoms with Crippen LogP contribution in [-0.4, -0.2) is 60.1 Å². The lowest BCUT2D eigenvalue weighted by Gasteiger charge is -2.45. The zero-order valence-electron chi connectivity index (χ0n) is 12.5. The summed E-state index contributed by atoms with van der Waals surface area (Å²) < 4.78 is 5.05. The molecule has 5 heteroatoms. The molecule has 1 aliphatic rings. The minimum atomic E-state index is -0.150. The van der Waals surface area contributed by atoms with Gasteiger partial charge in [-0.15, -0.1) is 0 Å². The highest BCUT2D eigenvalue weighted by Gasteiger charge is 2.34. The molecule has 0 saturated carbocycles. The van der Waals surface area contributed by atoms with E-state index >= 15 is 0 Å². The minimum Gasteiger partial charge on any atom is -0.504 e. The van der Waals surface area contributed by atoms with Gasteiger partial charge < -0.3 is 14.7 Å². The SMILES string of the molecule is COc1cccc(C(=O)N2CCN(C)C(C)(C)C2)c1O. The van der Waals surface area contributed by atoms with Crippen LogP contribution in [0.3, 0.4) is 0 Å². The first-order valence-electron chi connectivity index (χ1n) is 6.73. The molecule has 0 atom stereocenters. The molecule has 2 rings (SSSR count). The van der Waals surface area contributed by atoms with Gasteiger partial charge in [-0.1, -0.05) is 6.07 Å². The van der Waals surface area contributed by atoms with Crippen LogP contribution in [-0.2, 0) is 0 Å². The first-order chi connectivity index (χ1) is 9.36. The standard InChI is InChI=1S/C15H22N2O3/c1-15(2)10-17(9-8-16(15)3)14(19)11-6-5-7-12(20-4)13(11)18/h5-7,18H,8-10H2,1-4H3. The van der Waals surface area contributed by atoms with Gasteiger partial charge in [-0.2, -0.15) is 0 Å². The molecule has 1 aromatic carbocycles. The zero-order valence-corrected chi connectivity index (χ0v) is 12.5. The Labute approximate surface area is 119 Å². The van der Waals surface area contributed by atoms with Crippen LogP contribution >= 0.6 is 0 Å². The molecule has 1 aromatic rings. The molecule has 1 N–H and O–H groups in total. The number of phenols is 1. The number of ether oxygens (including phenoxy) is 1. The number of aromatic hydroxyl groups is 1.